The number of nitrogens with zero attached hydrogens (tertiary/aromatic N) is 4. The van der Waals surface area contributed by atoms with Gasteiger partial charge < -0.3 is 18.9 Å². The molecule has 0 atom stereocenters. The van der Waals surface area contributed by atoms with Crippen LogP contribution in [0.15, 0.2) is 58.1 Å². The number of esters is 2. The fourth-order valence-corrected chi connectivity index (χ4v) is 6.38. The summed E-state index contributed by atoms with van der Waals surface area (Å²) in [6, 6.07) is 16.5. The van der Waals surface area contributed by atoms with Gasteiger partial charge in [0, 0.05) is 40.1 Å². The number of carbonyl (C=O) groups excluding carboxylic acids is 2. The summed E-state index contributed by atoms with van der Waals surface area (Å²) in [5.74, 6) is -0.982. The van der Waals surface area contributed by atoms with Crippen molar-refractivity contribution in [2.45, 2.75) is 90.5 Å². The molecule has 0 aliphatic rings. The Morgan fingerprint density at radius 1 is 0.700 bits per heavy atom. The minimum absolute atomic E-state index is 0.144. The number of para-hydroxylation sites is 2. The second-order valence-corrected chi connectivity index (χ2v) is 26.3. The van der Waals surface area contributed by atoms with Crippen molar-refractivity contribution in [2.24, 2.45) is 0 Å². The van der Waals surface area contributed by atoms with Crippen molar-refractivity contribution < 1.29 is 28.5 Å². The molecular formula is C36H52N4O8Si2. The third-order valence-electron chi connectivity index (χ3n) is 8.04. The van der Waals surface area contributed by atoms with Crippen LogP contribution >= 0.6 is 0 Å². The molecule has 0 fully saturated rings. The molecule has 12 nitrogen and oxygen atoms in total. The molecule has 0 aliphatic heterocycles. The zero-order valence-corrected chi connectivity index (χ0v) is 33.1. The molecule has 0 amide bonds. The van der Waals surface area contributed by atoms with Crippen LogP contribution in [0.1, 0.15) is 25.2 Å². The Hall–Kier alpha value is -3.99. The van der Waals surface area contributed by atoms with Gasteiger partial charge in [0.25, 0.3) is 0 Å². The predicted molar refractivity (Wildman–Crippen MR) is 201 cm³/mol. The largest absolute Gasteiger partial charge is 0.469 e. The number of methoxy groups -OCH3 is 2. The SMILES string of the molecule is COC(=O)C(C)(C)c1nn(COCC[Si](C)(C)C)c2ccccc2c1=O.COC(=O)Cc1nn(COCC[Si](C)(C)C)c2ccccc2c1=O. The second-order valence-electron chi connectivity index (χ2n) is 15.1. The Labute approximate surface area is 295 Å². The van der Waals surface area contributed by atoms with Crippen molar-refractivity contribution in [3.63, 3.8) is 0 Å². The van der Waals surface area contributed by atoms with E-state index in [0.717, 1.165) is 12.1 Å². The van der Waals surface area contributed by atoms with Gasteiger partial charge in [0.05, 0.1) is 31.7 Å². The van der Waals surface area contributed by atoms with Gasteiger partial charge in [-0.2, -0.15) is 10.2 Å². The summed E-state index contributed by atoms with van der Waals surface area (Å²) >= 11 is 0. The first-order valence-electron chi connectivity index (χ1n) is 16.7. The number of rotatable bonds is 14. The zero-order chi connectivity index (χ0) is 37.3. The predicted octanol–water partition coefficient (Wildman–Crippen LogP) is 5.58. The van der Waals surface area contributed by atoms with E-state index >= 15 is 0 Å². The van der Waals surface area contributed by atoms with Crippen LogP contribution in [0, 0.1) is 0 Å². The van der Waals surface area contributed by atoms with E-state index in [1.165, 1.54) is 14.2 Å². The maximum Gasteiger partial charge on any atom is 0.317 e. The van der Waals surface area contributed by atoms with Gasteiger partial charge in [0.2, 0.25) is 10.9 Å². The molecule has 0 unspecified atom stereocenters. The first-order chi connectivity index (χ1) is 23.4. The van der Waals surface area contributed by atoms with Gasteiger partial charge in [-0.25, -0.2) is 9.36 Å². The van der Waals surface area contributed by atoms with E-state index in [1.807, 2.05) is 24.3 Å². The summed E-state index contributed by atoms with van der Waals surface area (Å²) in [5, 5.41) is 9.82. The molecule has 0 spiro atoms. The van der Waals surface area contributed by atoms with Gasteiger partial charge in [0.1, 0.15) is 30.3 Å². The van der Waals surface area contributed by atoms with Crippen LogP contribution in [0.4, 0.5) is 0 Å². The Kier molecular flexibility index (Phi) is 14.0. The standard InChI is InChI=1S/C19H28N2O4Si.C17H24N2O4Si/c1-19(2,18(23)24-3)17-16(22)14-9-7-8-10-15(14)21(20-17)13-25-11-12-26(4,5)6;1-22-16(20)11-14-17(21)13-7-5-6-8-15(13)19(18-14)12-23-9-10-24(2,3)4/h7-10H,11-13H2,1-6H3;5-8H,9-12H2,1-4H3. The number of ether oxygens (including phenoxy) is 4. The zero-order valence-electron chi connectivity index (χ0n) is 31.1. The fourth-order valence-electron chi connectivity index (χ4n) is 4.87. The lowest BCUT2D eigenvalue weighted by molar-refractivity contribution is -0.146. The van der Waals surface area contributed by atoms with Crippen molar-refractivity contribution in [1.29, 1.82) is 0 Å². The lowest BCUT2D eigenvalue weighted by Crippen LogP contribution is -2.38. The lowest BCUT2D eigenvalue weighted by atomic mass is 9.88. The van der Waals surface area contributed by atoms with Gasteiger partial charge in [-0.3, -0.25) is 19.2 Å². The van der Waals surface area contributed by atoms with Gasteiger partial charge in [0.15, 0.2) is 0 Å². The molecule has 0 radical (unpaired) electrons. The van der Waals surface area contributed by atoms with Crippen molar-refractivity contribution in [3.8, 4) is 0 Å². The maximum atomic E-state index is 12.9. The molecule has 14 heteroatoms. The minimum atomic E-state index is -1.18. The van der Waals surface area contributed by atoms with Crippen LogP contribution in [0.5, 0.6) is 0 Å². The number of aromatic nitrogens is 4. The fraction of sp³-hybridized carbons (Fsp3) is 0.500. The molecule has 0 N–H and O–H groups in total. The van der Waals surface area contributed by atoms with Crippen LogP contribution in [-0.4, -0.2) is 75.1 Å². The van der Waals surface area contributed by atoms with Gasteiger partial charge >= 0.3 is 11.9 Å². The van der Waals surface area contributed by atoms with E-state index < -0.39 is 33.5 Å². The van der Waals surface area contributed by atoms with Crippen LogP contribution in [0.25, 0.3) is 21.8 Å². The average molecular weight is 725 g/mol. The Morgan fingerprint density at radius 2 is 1.16 bits per heavy atom. The van der Waals surface area contributed by atoms with Crippen molar-refractivity contribution in [2.75, 3.05) is 27.4 Å². The lowest BCUT2D eigenvalue weighted by Gasteiger charge is -2.22. The molecule has 4 rings (SSSR count). The molecule has 2 heterocycles. The van der Waals surface area contributed by atoms with E-state index in [0.29, 0.717) is 35.0 Å². The molecule has 0 saturated heterocycles. The molecule has 50 heavy (non-hydrogen) atoms. The van der Waals surface area contributed by atoms with Crippen molar-refractivity contribution in [1.82, 2.24) is 19.6 Å². The molecule has 4 aromatic rings. The average Bonchev–Trinajstić information content (AvgIpc) is 3.06. The van der Waals surface area contributed by atoms with Gasteiger partial charge in [-0.15, -0.1) is 0 Å². The van der Waals surface area contributed by atoms with Crippen molar-refractivity contribution >= 4 is 49.9 Å². The smallest absolute Gasteiger partial charge is 0.317 e. The highest BCUT2D eigenvalue weighted by molar-refractivity contribution is 6.76. The molecule has 2 aromatic heterocycles. The van der Waals surface area contributed by atoms with Crippen LogP contribution in [0.3, 0.4) is 0 Å². The van der Waals surface area contributed by atoms with Crippen molar-refractivity contribution in [3.05, 3.63) is 80.4 Å². The monoisotopic (exact) mass is 724 g/mol. The van der Waals surface area contributed by atoms with E-state index in [9.17, 15) is 19.2 Å². The Morgan fingerprint density at radius 3 is 1.62 bits per heavy atom. The van der Waals surface area contributed by atoms with E-state index in [-0.39, 0.29) is 42.1 Å². The summed E-state index contributed by atoms with van der Waals surface area (Å²) in [4.78, 5) is 49.0. The van der Waals surface area contributed by atoms with Crippen LogP contribution in [0.2, 0.25) is 51.4 Å². The summed E-state index contributed by atoms with van der Waals surface area (Å²) in [5.41, 5.74) is 0.0876. The molecular weight excluding hydrogens is 673 g/mol. The quantitative estimate of drug-likeness (QED) is 0.0919. The number of hydrogen-bond acceptors (Lipinski definition) is 10. The molecule has 272 valence electrons. The minimum Gasteiger partial charge on any atom is -0.469 e. The first kappa shape index (κ1) is 40.4. The summed E-state index contributed by atoms with van der Waals surface area (Å²) in [6.07, 6.45) is -0.144. The number of fused-ring (bicyclic) bond motifs is 2. The Balaban J connectivity index is 0.000000271. The highest BCUT2D eigenvalue weighted by Gasteiger charge is 2.36. The summed E-state index contributed by atoms with van der Waals surface area (Å²) in [7, 11) is 0.256. The molecule has 0 bridgehead atoms. The van der Waals surface area contributed by atoms with Gasteiger partial charge in [-0.05, 0) is 50.2 Å². The highest BCUT2D eigenvalue weighted by atomic mass is 28.3. The molecule has 2 aromatic carbocycles. The van der Waals surface area contributed by atoms with E-state index in [1.54, 1.807) is 47.5 Å². The third kappa shape index (κ3) is 11.0. The van der Waals surface area contributed by atoms with Crippen LogP contribution < -0.4 is 10.9 Å². The second kappa shape index (κ2) is 17.3. The number of benzene rings is 2. The van der Waals surface area contributed by atoms with Gasteiger partial charge in [-0.1, -0.05) is 63.5 Å². The first-order valence-corrected chi connectivity index (χ1v) is 24.1. The maximum absolute atomic E-state index is 12.9. The Bertz CT molecular complexity index is 1910. The number of carbonyl (C=O) groups is 2. The third-order valence-corrected chi connectivity index (χ3v) is 11.4. The topological polar surface area (TPSA) is 141 Å². The van der Waals surface area contributed by atoms with E-state index in [4.69, 9.17) is 14.2 Å². The number of hydrogen-bond donors (Lipinski definition) is 0. The van der Waals surface area contributed by atoms with E-state index in [2.05, 4.69) is 54.2 Å². The highest BCUT2D eigenvalue weighted by Crippen LogP contribution is 2.22. The summed E-state index contributed by atoms with van der Waals surface area (Å²) in [6.45, 7) is 18.8. The van der Waals surface area contributed by atoms with Crippen LogP contribution in [-0.2, 0) is 53.8 Å². The molecule has 0 aliphatic carbocycles. The molecule has 0 saturated carbocycles. The summed E-state index contributed by atoms with van der Waals surface area (Å²) < 4.78 is 24.4. The normalized spacial score (nSPS) is 12.0.